The lowest BCUT2D eigenvalue weighted by atomic mass is 10.2. The average molecular weight is 97.2 g/mol. The fourth-order valence-corrected chi connectivity index (χ4v) is 0.778. The molecule has 0 saturated carbocycles. The summed E-state index contributed by atoms with van der Waals surface area (Å²) in [4.78, 5) is 0. The van der Waals surface area contributed by atoms with E-state index in [1.54, 1.807) is 0 Å². The van der Waals surface area contributed by atoms with Crippen LogP contribution in [0.3, 0.4) is 0 Å². The highest BCUT2D eigenvalue weighted by Crippen LogP contribution is 1.96. The second-order valence-corrected chi connectivity index (χ2v) is 2.02. The predicted molar refractivity (Wildman–Crippen MR) is 31.2 cm³/mol. The van der Waals surface area contributed by atoms with Crippen molar-refractivity contribution in [2.45, 2.75) is 13.3 Å². The van der Waals surface area contributed by atoms with Crippen molar-refractivity contribution in [2.24, 2.45) is 0 Å². The van der Waals surface area contributed by atoms with Crippen LogP contribution in [0.15, 0.2) is 11.6 Å². The maximum atomic E-state index is 3.27. The quantitative estimate of drug-likeness (QED) is 0.443. The van der Waals surface area contributed by atoms with Crippen molar-refractivity contribution >= 4 is 0 Å². The van der Waals surface area contributed by atoms with Crippen molar-refractivity contribution in [1.82, 2.24) is 5.32 Å². The Morgan fingerprint density at radius 2 is 2.57 bits per heavy atom. The summed E-state index contributed by atoms with van der Waals surface area (Å²) in [5, 5.41) is 3.27. The van der Waals surface area contributed by atoms with Crippen LogP contribution in [0.1, 0.15) is 13.3 Å². The van der Waals surface area contributed by atoms with Crippen molar-refractivity contribution in [3.63, 3.8) is 0 Å². The van der Waals surface area contributed by atoms with Gasteiger partial charge in [-0.15, -0.1) is 0 Å². The lowest BCUT2D eigenvalue weighted by Gasteiger charge is -2.08. The fraction of sp³-hybridized carbons (Fsp3) is 0.667. The minimum Gasteiger partial charge on any atom is -0.313 e. The molecule has 7 heavy (non-hydrogen) atoms. The number of hydrogen-bond donors (Lipinski definition) is 1. The van der Waals surface area contributed by atoms with Crippen molar-refractivity contribution in [2.75, 3.05) is 13.1 Å². The Morgan fingerprint density at radius 3 is 2.86 bits per heavy atom. The van der Waals surface area contributed by atoms with Crippen molar-refractivity contribution < 1.29 is 0 Å². The molecule has 0 aromatic carbocycles. The van der Waals surface area contributed by atoms with E-state index in [-0.39, 0.29) is 0 Å². The topological polar surface area (TPSA) is 12.0 Å². The van der Waals surface area contributed by atoms with Crippen LogP contribution in [0, 0.1) is 0 Å². The standard InChI is InChI=1S/C6H11N/c1-6-3-2-4-7-5-6/h3,7H,2,4-5H2,1H3. The molecule has 1 N–H and O–H groups in total. The molecular weight excluding hydrogens is 86.1 g/mol. The van der Waals surface area contributed by atoms with E-state index in [4.69, 9.17) is 0 Å². The molecule has 0 amide bonds. The Hall–Kier alpha value is -0.300. The molecule has 0 atom stereocenters. The van der Waals surface area contributed by atoms with Crippen LogP contribution in [-0.4, -0.2) is 13.1 Å². The minimum absolute atomic E-state index is 1.10. The lowest BCUT2D eigenvalue weighted by molar-refractivity contribution is 0.703. The first kappa shape index (κ1) is 4.85. The molecule has 0 unspecified atom stereocenters. The molecule has 0 saturated heterocycles. The maximum Gasteiger partial charge on any atom is 0.0161 e. The summed E-state index contributed by atoms with van der Waals surface area (Å²) in [6.45, 7) is 4.42. The summed E-state index contributed by atoms with van der Waals surface area (Å²) in [6, 6.07) is 0. The molecule has 1 rings (SSSR count). The van der Waals surface area contributed by atoms with Gasteiger partial charge in [-0.2, -0.15) is 0 Å². The molecule has 1 nitrogen and oxygen atoms in total. The van der Waals surface area contributed by atoms with Gasteiger partial charge in [0.2, 0.25) is 0 Å². The van der Waals surface area contributed by atoms with Gasteiger partial charge in [0.05, 0.1) is 0 Å². The Morgan fingerprint density at radius 1 is 1.71 bits per heavy atom. The van der Waals surface area contributed by atoms with Crippen LogP contribution >= 0.6 is 0 Å². The molecule has 1 heterocycles. The van der Waals surface area contributed by atoms with E-state index >= 15 is 0 Å². The molecule has 0 aromatic heterocycles. The third-order valence-electron chi connectivity index (χ3n) is 1.22. The molecule has 1 aliphatic rings. The minimum atomic E-state index is 1.10. The van der Waals surface area contributed by atoms with Gasteiger partial charge in [-0.05, 0) is 19.9 Å². The second-order valence-electron chi connectivity index (χ2n) is 2.02. The van der Waals surface area contributed by atoms with Crippen LogP contribution < -0.4 is 5.32 Å². The van der Waals surface area contributed by atoms with E-state index in [2.05, 4.69) is 18.3 Å². The first-order chi connectivity index (χ1) is 3.39. The van der Waals surface area contributed by atoms with Crippen molar-refractivity contribution in [3.8, 4) is 0 Å². The molecule has 1 heteroatoms. The van der Waals surface area contributed by atoms with Gasteiger partial charge >= 0.3 is 0 Å². The Balaban J connectivity index is 2.40. The van der Waals surface area contributed by atoms with E-state index in [1.807, 2.05) is 0 Å². The normalized spacial score (nSPS) is 21.6. The second kappa shape index (κ2) is 2.12. The molecule has 0 aromatic rings. The van der Waals surface area contributed by atoms with Crippen molar-refractivity contribution in [3.05, 3.63) is 11.6 Å². The zero-order chi connectivity index (χ0) is 5.11. The lowest BCUT2D eigenvalue weighted by Crippen LogP contribution is -2.20. The zero-order valence-electron chi connectivity index (χ0n) is 4.70. The smallest absolute Gasteiger partial charge is 0.0161 e. The molecule has 0 radical (unpaired) electrons. The summed E-state index contributed by atoms with van der Waals surface area (Å²) in [5.41, 5.74) is 1.48. The van der Waals surface area contributed by atoms with Gasteiger partial charge < -0.3 is 5.32 Å². The van der Waals surface area contributed by atoms with Crippen LogP contribution in [0.25, 0.3) is 0 Å². The Bertz CT molecular complexity index is 84.2. The maximum absolute atomic E-state index is 3.27. The molecule has 40 valence electrons. The third-order valence-corrected chi connectivity index (χ3v) is 1.22. The van der Waals surface area contributed by atoms with Crippen molar-refractivity contribution in [1.29, 1.82) is 0 Å². The van der Waals surface area contributed by atoms with Gasteiger partial charge in [0, 0.05) is 6.54 Å². The van der Waals surface area contributed by atoms with Gasteiger partial charge in [-0.25, -0.2) is 0 Å². The monoisotopic (exact) mass is 97.1 g/mol. The van der Waals surface area contributed by atoms with Crippen LogP contribution in [-0.2, 0) is 0 Å². The van der Waals surface area contributed by atoms with E-state index in [0.717, 1.165) is 13.1 Å². The highest BCUT2D eigenvalue weighted by atomic mass is 14.9. The summed E-state index contributed by atoms with van der Waals surface area (Å²) >= 11 is 0. The molecule has 0 aliphatic carbocycles. The number of rotatable bonds is 0. The average Bonchev–Trinajstić information content (AvgIpc) is 1.69. The van der Waals surface area contributed by atoms with Gasteiger partial charge in [-0.3, -0.25) is 0 Å². The largest absolute Gasteiger partial charge is 0.313 e. The van der Waals surface area contributed by atoms with Gasteiger partial charge in [0.25, 0.3) is 0 Å². The molecule has 0 spiro atoms. The molecule has 0 fully saturated rings. The summed E-state index contributed by atoms with van der Waals surface area (Å²) in [6.07, 6.45) is 3.50. The molecule has 1 aliphatic heterocycles. The van der Waals surface area contributed by atoms with Gasteiger partial charge in [0.15, 0.2) is 0 Å². The van der Waals surface area contributed by atoms with Gasteiger partial charge in [-0.1, -0.05) is 11.6 Å². The first-order valence-corrected chi connectivity index (χ1v) is 2.76. The fourth-order valence-electron chi connectivity index (χ4n) is 0.778. The number of hydrogen-bond acceptors (Lipinski definition) is 1. The van der Waals surface area contributed by atoms with E-state index in [1.165, 1.54) is 12.0 Å². The van der Waals surface area contributed by atoms with E-state index < -0.39 is 0 Å². The van der Waals surface area contributed by atoms with E-state index in [0.29, 0.717) is 0 Å². The summed E-state index contributed by atoms with van der Waals surface area (Å²) in [7, 11) is 0. The summed E-state index contributed by atoms with van der Waals surface area (Å²) in [5.74, 6) is 0. The SMILES string of the molecule is CC1=CCCNC1. The van der Waals surface area contributed by atoms with Crippen LogP contribution in [0.2, 0.25) is 0 Å². The molecular formula is C6H11N. The molecule has 0 bridgehead atoms. The highest BCUT2D eigenvalue weighted by molar-refractivity contribution is 5.03. The third kappa shape index (κ3) is 1.32. The van der Waals surface area contributed by atoms with Crippen LogP contribution in [0.4, 0.5) is 0 Å². The Labute approximate surface area is 44.4 Å². The predicted octanol–water partition coefficient (Wildman–Crippen LogP) is 0.926. The number of nitrogens with one attached hydrogen (secondary N) is 1. The van der Waals surface area contributed by atoms with E-state index in [9.17, 15) is 0 Å². The summed E-state index contributed by atoms with van der Waals surface area (Å²) < 4.78 is 0. The highest BCUT2D eigenvalue weighted by Gasteiger charge is 1.93. The Kier molecular flexibility index (Phi) is 1.47. The van der Waals surface area contributed by atoms with Gasteiger partial charge in [0.1, 0.15) is 0 Å². The zero-order valence-corrected chi connectivity index (χ0v) is 4.70. The van der Waals surface area contributed by atoms with Crippen LogP contribution in [0.5, 0.6) is 0 Å². The first-order valence-electron chi connectivity index (χ1n) is 2.76.